The predicted molar refractivity (Wildman–Crippen MR) is 85.7 cm³/mol. The van der Waals surface area contributed by atoms with Crippen molar-refractivity contribution >= 4 is 39.2 Å². The Morgan fingerprint density at radius 2 is 1.70 bits per heavy atom. The molecule has 0 unspecified atom stereocenters. The van der Waals surface area contributed by atoms with E-state index in [0.29, 0.717) is 10.6 Å². The van der Waals surface area contributed by atoms with Gasteiger partial charge in [0.1, 0.15) is 4.90 Å². The molecular formula is C15H12Cl2NO4S-. The molecule has 1 N–H and O–H groups in total. The number of rotatable bonds is 6. The van der Waals surface area contributed by atoms with Crippen LogP contribution in [0.3, 0.4) is 0 Å². The van der Waals surface area contributed by atoms with Crippen LogP contribution in [-0.2, 0) is 21.2 Å². The molecule has 5 nitrogen and oxygen atoms in total. The summed E-state index contributed by atoms with van der Waals surface area (Å²) in [5, 5.41) is 11.8. The zero-order chi connectivity index (χ0) is 17.0. The van der Waals surface area contributed by atoms with Crippen LogP contribution in [0.4, 0.5) is 0 Å². The summed E-state index contributed by atoms with van der Waals surface area (Å²) in [4.78, 5) is 11.1. The molecule has 0 heterocycles. The Morgan fingerprint density at radius 1 is 1.09 bits per heavy atom. The molecule has 0 aromatic heterocycles. The fourth-order valence-electron chi connectivity index (χ4n) is 1.94. The van der Waals surface area contributed by atoms with Gasteiger partial charge in [-0.2, -0.15) is 0 Å². The standard InChI is InChI=1S/C15H13Cl2NO4S/c16-11-7-5-10(6-8-11)9-13(15(19)20)18-23(21,22)14-4-2-1-3-12(14)17/h1-8,13,18H,9H2,(H,19,20)/p-1/t13-/m0/s1. The molecule has 0 bridgehead atoms. The molecule has 0 amide bonds. The van der Waals surface area contributed by atoms with Crippen molar-refractivity contribution in [2.75, 3.05) is 0 Å². The van der Waals surface area contributed by atoms with Gasteiger partial charge in [0.15, 0.2) is 0 Å². The fourth-order valence-corrected chi connectivity index (χ4v) is 3.77. The molecule has 0 fully saturated rings. The van der Waals surface area contributed by atoms with Crippen molar-refractivity contribution in [1.82, 2.24) is 4.72 Å². The highest BCUT2D eigenvalue weighted by Gasteiger charge is 2.23. The largest absolute Gasteiger partial charge is 0.548 e. The second-order valence-electron chi connectivity index (χ2n) is 4.75. The van der Waals surface area contributed by atoms with Crippen molar-refractivity contribution < 1.29 is 18.3 Å². The Bertz CT molecular complexity index is 806. The van der Waals surface area contributed by atoms with Crippen molar-refractivity contribution in [1.29, 1.82) is 0 Å². The van der Waals surface area contributed by atoms with Gasteiger partial charge in [-0.3, -0.25) is 0 Å². The summed E-state index contributed by atoms with van der Waals surface area (Å²) in [7, 11) is -4.09. The lowest BCUT2D eigenvalue weighted by molar-refractivity contribution is -0.307. The van der Waals surface area contributed by atoms with E-state index in [1.165, 1.54) is 18.2 Å². The van der Waals surface area contributed by atoms with Crippen LogP contribution < -0.4 is 9.83 Å². The van der Waals surface area contributed by atoms with Gasteiger partial charge < -0.3 is 9.90 Å². The van der Waals surface area contributed by atoms with Crippen LogP contribution in [0.2, 0.25) is 10.0 Å². The topological polar surface area (TPSA) is 86.3 Å². The zero-order valence-electron chi connectivity index (χ0n) is 11.7. The maximum absolute atomic E-state index is 12.3. The summed E-state index contributed by atoms with van der Waals surface area (Å²) in [6.07, 6.45) is -0.0802. The Kier molecular flexibility index (Phi) is 5.64. The van der Waals surface area contributed by atoms with E-state index in [0.717, 1.165) is 0 Å². The molecule has 2 aromatic carbocycles. The molecule has 0 aliphatic carbocycles. The first-order valence-electron chi connectivity index (χ1n) is 6.52. The number of aliphatic carboxylic acids is 1. The van der Waals surface area contributed by atoms with Crippen molar-refractivity contribution in [3.05, 3.63) is 64.1 Å². The van der Waals surface area contributed by atoms with Crippen LogP contribution in [0, 0.1) is 0 Å². The minimum atomic E-state index is -4.09. The van der Waals surface area contributed by atoms with Crippen LogP contribution in [0.1, 0.15) is 5.56 Å². The molecule has 2 aromatic rings. The van der Waals surface area contributed by atoms with Gasteiger partial charge in [-0.1, -0.05) is 47.5 Å². The summed E-state index contributed by atoms with van der Waals surface area (Å²) in [5.74, 6) is -1.53. The van der Waals surface area contributed by atoms with E-state index in [4.69, 9.17) is 23.2 Å². The maximum atomic E-state index is 12.3. The first-order chi connectivity index (χ1) is 10.8. The van der Waals surface area contributed by atoms with Crippen molar-refractivity contribution in [2.45, 2.75) is 17.4 Å². The number of hydrogen-bond acceptors (Lipinski definition) is 4. The van der Waals surface area contributed by atoms with Gasteiger partial charge in [-0.25, -0.2) is 13.1 Å². The summed E-state index contributed by atoms with van der Waals surface area (Å²) in [6.45, 7) is 0. The highest BCUT2D eigenvalue weighted by Crippen LogP contribution is 2.21. The lowest BCUT2D eigenvalue weighted by Gasteiger charge is -2.20. The number of nitrogens with one attached hydrogen (secondary N) is 1. The second-order valence-corrected chi connectivity index (χ2v) is 7.28. The van der Waals surface area contributed by atoms with Gasteiger partial charge >= 0.3 is 0 Å². The lowest BCUT2D eigenvalue weighted by Crippen LogP contribution is -2.49. The third kappa shape index (κ3) is 4.68. The van der Waals surface area contributed by atoms with Crippen LogP contribution in [0.15, 0.2) is 53.4 Å². The molecule has 0 aliphatic heterocycles. The minimum Gasteiger partial charge on any atom is -0.548 e. The number of hydrogen-bond donors (Lipinski definition) is 1. The zero-order valence-corrected chi connectivity index (χ0v) is 14.0. The number of carboxylic acids is 1. The van der Waals surface area contributed by atoms with Gasteiger partial charge in [-0.15, -0.1) is 0 Å². The Balaban J connectivity index is 2.24. The van der Waals surface area contributed by atoms with Crippen LogP contribution in [-0.4, -0.2) is 20.4 Å². The first-order valence-corrected chi connectivity index (χ1v) is 8.75. The van der Waals surface area contributed by atoms with Gasteiger partial charge in [0.2, 0.25) is 10.0 Å². The molecule has 0 saturated carbocycles. The predicted octanol–water partition coefficient (Wildman–Crippen LogP) is 1.63. The van der Waals surface area contributed by atoms with E-state index in [2.05, 4.69) is 4.72 Å². The smallest absolute Gasteiger partial charge is 0.242 e. The summed E-state index contributed by atoms with van der Waals surface area (Å²) in [6, 6.07) is 10.7. The Morgan fingerprint density at radius 3 is 2.26 bits per heavy atom. The normalized spacial score (nSPS) is 12.8. The second kappa shape index (κ2) is 7.31. The molecule has 1 atom stereocenters. The highest BCUT2D eigenvalue weighted by atomic mass is 35.5. The van der Waals surface area contributed by atoms with E-state index in [1.54, 1.807) is 30.3 Å². The molecule has 0 spiro atoms. The van der Waals surface area contributed by atoms with Gasteiger partial charge in [0.25, 0.3) is 0 Å². The third-order valence-electron chi connectivity index (χ3n) is 3.06. The maximum Gasteiger partial charge on any atom is 0.242 e. The number of carbonyl (C=O) groups excluding carboxylic acids is 1. The third-order valence-corrected chi connectivity index (χ3v) is 5.28. The minimum absolute atomic E-state index is 0.00332. The fraction of sp³-hybridized carbons (Fsp3) is 0.133. The SMILES string of the molecule is O=C([O-])[C@H](Cc1ccc(Cl)cc1)NS(=O)(=O)c1ccccc1Cl. The van der Waals surface area contributed by atoms with E-state index in [1.807, 2.05) is 0 Å². The number of carboxylic acid groups (broad SMARTS) is 1. The van der Waals surface area contributed by atoms with Crippen LogP contribution in [0.5, 0.6) is 0 Å². The van der Waals surface area contributed by atoms with Crippen molar-refractivity contribution in [3.8, 4) is 0 Å². The van der Waals surface area contributed by atoms with E-state index >= 15 is 0 Å². The Labute approximate surface area is 143 Å². The number of benzene rings is 2. The molecular weight excluding hydrogens is 361 g/mol. The molecule has 0 radical (unpaired) electrons. The number of halogens is 2. The average molecular weight is 373 g/mol. The molecule has 0 saturated heterocycles. The van der Waals surface area contributed by atoms with E-state index < -0.39 is 22.0 Å². The van der Waals surface area contributed by atoms with Gasteiger partial charge in [0.05, 0.1) is 17.0 Å². The van der Waals surface area contributed by atoms with Crippen molar-refractivity contribution in [2.24, 2.45) is 0 Å². The molecule has 23 heavy (non-hydrogen) atoms. The summed E-state index contributed by atoms with van der Waals surface area (Å²) >= 11 is 11.6. The first kappa shape index (κ1) is 17.7. The number of sulfonamides is 1. The van der Waals surface area contributed by atoms with Crippen LogP contribution >= 0.6 is 23.2 Å². The molecule has 2 rings (SSSR count). The Hall–Kier alpha value is -1.60. The lowest BCUT2D eigenvalue weighted by atomic mass is 10.1. The molecule has 0 aliphatic rings. The van der Waals surface area contributed by atoms with Gasteiger partial charge in [-0.05, 0) is 36.2 Å². The molecule has 8 heteroatoms. The summed E-state index contributed by atoms with van der Waals surface area (Å²) in [5.41, 5.74) is 0.602. The molecule has 122 valence electrons. The van der Waals surface area contributed by atoms with E-state index in [9.17, 15) is 18.3 Å². The monoisotopic (exact) mass is 372 g/mol. The number of carbonyl (C=O) groups is 1. The van der Waals surface area contributed by atoms with Crippen LogP contribution in [0.25, 0.3) is 0 Å². The average Bonchev–Trinajstić information content (AvgIpc) is 2.48. The van der Waals surface area contributed by atoms with E-state index in [-0.39, 0.29) is 16.3 Å². The summed E-state index contributed by atoms with van der Waals surface area (Å²) < 4.78 is 26.7. The van der Waals surface area contributed by atoms with Gasteiger partial charge in [0, 0.05) is 5.02 Å². The highest BCUT2D eigenvalue weighted by molar-refractivity contribution is 7.89. The quantitative estimate of drug-likeness (QED) is 0.834. The van der Waals surface area contributed by atoms with Crippen molar-refractivity contribution in [3.63, 3.8) is 0 Å².